The Labute approximate surface area is 265 Å². The fraction of sp³-hybridized carbons (Fsp3) is 0.528. The van der Waals surface area contributed by atoms with Gasteiger partial charge in [0.25, 0.3) is 0 Å². The number of methoxy groups -OCH3 is 1. The topological polar surface area (TPSA) is 78.1 Å². The van der Waals surface area contributed by atoms with E-state index in [4.69, 9.17) is 18.5 Å². The Bertz CT molecular complexity index is 1220. The fourth-order valence-corrected chi connectivity index (χ4v) is 5.91. The second kappa shape index (κ2) is 21.1. The summed E-state index contributed by atoms with van der Waals surface area (Å²) in [6.07, 6.45) is 20.5. The molecule has 0 saturated carbocycles. The van der Waals surface area contributed by atoms with Crippen LogP contribution in [0.1, 0.15) is 95.1 Å². The third-order valence-electron chi connectivity index (χ3n) is 7.67. The van der Waals surface area contributed by atoms with Crippen molar-refractivity contribution in [2.45, 2.75) is 103 Å². The zero-order chi connectivity index (χ0) is 31.3. The first-order valence-electron chi connectivity index (χ1n) is 16.4. The monoisotopic (exact) mass is 626 g/mol. The Morgan fingerprint density at radius 1 is 0.727 bits per heavy atom. The number of pyridine rings is 1. The number of ether oxygens (including phenoxy) is 2. The first-order valence-corrected chi connectivity index (χ1v) is 17.9. The number of unbranched alkanes of at least 4 members (excludes halogenated alkanes) is 11. The van der Waals surface area contributed by atoms with Gasteiger partial charge < -0.3 is 14.0 Å². The summed E-state index contributed by atoms with van der Waals surface area (Å²) < 4.78 is 36.6. The molecule has 1 heterocycles. The van der Waals surface area contributed by atoms with E-state index in [1.54, 1.807) is 18.2 Å². The summed E-state index contributed by atoms with van der Waals surface area (Å²) in [5.41, 5.74) is 2.18. The number of hydrogen-bond donors (Lipinski definition) is 1. The van der Waals surface area contributed by atoms with Crippen LogP contribution in [0.15, 0.2) is 79.1 Å². The van der Waals surface area contributed by atoms with Gasteiger partial charge in [-0.3, -0.25) is 9.42 Å². The van der Waals surface area contributed by atoms with Crippen LogP contribution in [0.3, 0.4) is 0 Å². The van der Waals surface area contributed by atoms with E-state index < -0.39 is 13.9 Å². The first kappa shape index (κ1) is 35.8. The summed E-state index contributed by atoms with van der Waals surface area (Å²) in [7, 11) is -2.84. The van der Waals surface area contributed by atoms with Gasteiger partial charge in [0.15, 0.2) is 18.9 Å². The van der Waals surface area contributed by atoms with Crippen molar-refractivity contribution in [1.82, 2.24) is 0 Å². The normalized spacial score (nSPS) is 13.3. The first-order chi connectivity index (χ1) is 21.5. The van der Waals surface area contributed by atoms with E-state index in [2.05, 4.69) is 19.1 Å². The van der Waals surface area contributed by atoms with Gasteiger partial charge in [0.2, 0.25) is 0 Å². The minimum absolute atomic E-state index is 0.150. The Balaban J connectivity index is 1.32. The van der Waals surface area contributed by atoms with Gasteiger partial charge in [-0.25, -0.2) is 9.13 Å². The van der Waals surface area contributed by atoms with Crippen molar-refractivity contribution in [3.8, 4) is 11.5 Å². The summed E-state index contributed by atoms with van der Waals surface area (Å²) in [6.45, 7) is 2.91. The predicted octanol–water partition coefficient (Wildman–Crippen LogP) is 8.86. The van der Waals surface area contributed by atoms with Crippen LogP contribution in [0.5, 0.6) is 11.5 Å². The Hall–Kier alpha value is -2.70. The largest absolute Gasteiger partial charge is 0.527 e. The molecule has 2 atom stereocenters. The lowest BCUT2D eigenvalue weighted by Crippen LogP contribution is -2.32. The number of hydrogen-bond acceptors (Lipinski definition) is 5. The van der Waals surface area contributed by atoms with Crippen molar-refractivity contribution in [1.29, 1.82) is 0 Å². The molecule has 0 spiro atoms. The number of aryl methyl sites for hydroxylation is 1. The molecule has 3 rings (SSSR count). The molecule has 8 heteroatoms. The van der Waals surface area contributed by atoms with Gasteiger partial charge >= 0.3 is 7.82 Å². The minimum atomic E-state index is -4.36. The molecule has 0 bridgehead atoms. The molecular weight excluding hydrogens is 573 g/mol. The van der Waals surface area contributed by atoms with Crippen LogP contribution in [-0.2, 0) is 26.8 Å². The molecule has 242 valence electrons. The summed E-state index contributed by atoms with van der Waals surface area (Å²) >= 11 is 0. The smallest absolute Gasteiger partial charge is 0.491 e. The molecule has 0 aliphatic heterocycles. The Morgan fingerprint density at radius 3 is 1.98 bits per heavy atom. The number of nitrogens with zero attached hydrogens (tertiary/aromatic N) is 1. The molecule has 0 fully saturated rings. The number of phosphoric ester groups is 1. The standard InChI is InChI=1S/C36H52NO6P/c1-3-4-5-6-7-8-9-10-11-12-13-15-20-32-21-18-23-34(27-32)41-30-36(40-2)31-42-44(38,39)43-35-24-19-22-33(28-35)29-37-25-16-14-17-26-37/h14,16-19,21-28,36H,3-13,15,20,29-31H2,1-2H3/p+1. The lowest BCUT2D eigenvalue weighted by molar-refractivity contribution is -0.688. The highest BCUT2D eigenvalue weighted by atomic mass is 31.2. The van der Waals surface area contributed by atoms with Crippen LogP contribution >= 0.6 is 7.82 Å². The number of benzene rings is 2. The third kappa shape index (κ3) is 15.3. The molecule has 0 aliphatic rings. The van der Waals surface area contributed by atoms with Crippen LogP contribution < -0.4 is 13.8 Å². The highest BCUT2D eigenvalue weighted by Crippen LogP contribution is 2.44. The van der Waals surface area contributed by atoms with Crippen LogP contribution in [-0.4, -0.2) is 31.3 Å². The van der Waals surface area contributed by atoms with Gasteiger partial charge in [0.05, 0.1) is 6.61 Å². The van der Waals surface area contributed by atoms with Gasteiger partial charge in [-0.1, -0.05) is 108 Å². The lowest BCUT2D eigenvalue weighted by Gasteiger charge is -2.19. The van der Waals surface area contributed by atoms with Crippen molar-refractivity contribution >= 4 is 7.82 Å². The average Bonchev–Trinajstić information content (AvgIpc) is 3.02. The van der Waals surface area contributed by atoms with Gasteiger partial charge in [-0.05, 0) is 42.7 Å². The Morgan fingerprint density at radius 2 is 1.32 bits per heavy atom. The molecular formula is C36H53NO6P+. The summed E-state index contributed by atoms with van der Waals surface area (Å²) in [5.74, 6) is 1.01. The third-order valence-corrected chi connectivity index (χ3v) is 8.59. The summed E-state index contributed by atoms with van der Waals surface area (Å²) in [5, 5.41) is 0. The minimum Gasteiger partial charge on any atom is -0.491 e. The number of aromatic nitrogens is 1. The van der Waals surface area contributed by atoms with E-state index in [0.717, 1.165) is 17.7 Å². The highest BCUT2D eigenvalue weighted by molar-refractivity contribution is 7.47. The van der Waals surface area contributed by atoms with Gasteiger partial charge in [-0.15, -0.1) is 0 Å². The number of phosphoric acid groups is 1. The van der Waals surface area contributed by atoms with Crippen LogP contribution in [0, 0.1) is 0 Å². The van der Waals surface area contributed by atoms with Crippen LogP contribution in [0.25, 0.3) is 0 Å². The SMILES string of the molecule is CCCCCCCCCCCCCCc1cccc(OCC(COP(=O)(O)Oc2cccc(C[n+]3ccccc3)c2)OC)c1. The molecule has 2 unspecified atom stereocenters. The van der Waals surface area contributed by atoms with E-state index in [1.165, 1.54) is 89.7 Å². The summed E-state index contributed by atoms with van der Waals surface area (Å²) in [4.78, 5) is 10.3. The van der Waals surface area contributed by atoms with Crippen molar-refractivity contribution in [3.05, 3.63) is 90.3 Å². The maximum Gasteiger partial charge on any atom is 0.527 e. The van der Waals surface area contributed by atoms with Crippen molar-refractivity contribution < 1.29 is 32.5 Å². The van der Waals surface area contributed by atoms with Crippen molar-refractivity contribution in [2.24, 2.45) is 0 Å². The lowest BCUT2D eigenvalue weighted by atomic mass is 10.0. The molecule has 1 N–H and O–H groups in total. The molecule has 0 radical (unpaired) electrons. The van der Waals surface area contributed by atoms with Gasteiger partial charge in [0.1, 0.15) is 24.2 Å². The van der Waals surface area contributed by atoms with E-state index in [1.807, 2.05) is 53.4 Å². The van der Waals surface area contributed by atoms with Gasteiger partial charge in [0, 0.05) is 24.8 Å². The molecule has 0 aliphatic carbocycles. The average molecular weight is 627 g/mol. The molecule has 0 amide bonds. The number of rotatable bonds is 24. The molecule has 2 aromatic carbocycles. The van der Waals surface area contributed by atoms with Gasteiger partial charge in [-0.2, -0.15) is 0 Å². The Kier molecular flexibility index (Phi) is 17.2. The highest BCUT2D eigenvalue weighted by Gasteiger charge is 2.26. The molecule has 0 saturated heterocycles. The van der Waals surface area contributed by atoms with E-state index >= 15 is 0 Å². The van der Waals surface area contributed by atoms with Crippen molar-refractivity contribution in [2.75, 3.05) is 20.3 Å². The maximum absolute atomic E-state index is 12.7. The zero-order valence-electron chi connectivity index (χ0n) is 26.8. The fourth-order valence-electron chi connectivity index (χ4n) is 5.12. The molecule has 3 aromatic rings. The zero-order valence-corrected chi connectivity index (χ0v) is 27.7. The molecule has 1 aromatic heterocycles. The second-order valence-corrected chi connectivity index (χ2v) is 12.9. The van der Waals surface area contributed by atoms with E-state index in [9.17, 15) is 9.46 Å². The predicted molar refractivity (Wildman–Crippen MR) is 176 cm³/mol. The van der Waals surface area contributed by atoms with E-state index in [-0.39, 0.29) is 19.0 Å². The molecule has 44 heavy (non-hydrogen) atoms. The van der Waals surface area contributed by atoms with E-state index in [0.29, 0.717) is 6.54 Å². The quantitative estimate of drug-likeness (QED) is 0.0608. The maximum atomic E-state index is 12.7. The second-order valence-electron chi connectivity index (χ2n) is 11.5. The van der Waals surface area contributed by atoms with Crippen LogP contribution in [0.4, 0.5) is 0 Å². The van der Waals surface area contributed by atoms with Crippen molar-refractivity contribution in [3.63, 3.8) is 0 Å². The summed E-state index contributed by atoms with van der Waals surface area (Å²) in [6, 6.07) is 21.0. The molecule has 7 nitrogen and oxygen atoms in total. The van der Waals surface area contributed by atoms with Crippen LogP contribution in [0.2, 0.25) is 0 Å².